The van der Waals surface area contributed by atoms with Crippen molar-refractivity contribution in [3.8, 4) is 5.88 Å². The zero-order chi connectivity index (χ0) is 14.4. The maximum absolute atomic E-state index is 5.63. The molecule has 0 spiro atoms. The number of nitrogens with zero attached hydrogens (tertiary/aromatic N) is 4. The highest BCUT2D eigenvalue weighted by Crippen LogP contribution is 2.09. The Bertz CT molecular complexity index is 461. The third kappa shape index (κ3) is 4.38. The Kier molecular flexibility index (Phi) is 5.17. The summed E-state index contributed by atoms with van der Waals surface area (Å²) in [5.41, 5.74) is 1.14. The first kappa shape index (κ1) is 14.6. The highest BCUT2D eigenvalue weighted by Gasteiger charge is 2.11. The average Bonchev–Trinajstić information content (AvgIpc) is 2.82. The summed E-state index contributed by atoms with van der Waals surface area (Å²) in [6.07, 6.45) is 1.78. The molecule has 110 valence electrons. The van der Waals surface area contributed by atoms with Gasteiger partial charge in [-0.2, -0.15) is 0 Å². The summed E-state index contributed by atoms with van der Waals surface area (Å²) in [5, 5.41) is 3.33. The van der Waals surface area contributed by atoms with Crippen molar-refractivity contribution in [1.29, 1.82) is 0 Å². The fourth-order valence-electron chi connectivity index (χ4n) is 1.88. The zero-order valence-electron chi connectivity index (χ0n) is 12.5. The van der Waals surface area contributed by atoms with Crippen LogP contribution in [0.25, 0.3) is 0 Å². The molecule has 1 aromatic heterocycles. The van der Waals surface area contributed by atoms with E-state index in [0.717, 1.165) is 37.7 Å². The van der Waals surface area contributed by atoms with Crippen molar-refractivity contribution in [2.75, 3.05) is 47.4 Å². The van der Waals surface area contributed by atoms with Crippen LogP contribution in [-0.2, 0) is 6.54 Å². The Morgan fingerprint density at radius 1 is 1.45 bits per heavy atom. The van der Waals surface area contributed by atoms with Crippen LogP contribution >= 0.6 is 0 Å². The van der Waals surface area contributed by atoms with Crippen LogP contribution in [0.1, 0.15) is 5.56 Å². The van der Waals surface area contributed by atoms with Crippen LogP contribution in [0, 0.1) is 0 Å². The lowest BCUT2D eigenvalue weighted by atomic mass is 10.2. The molecule has 1 aliphatic rings. The normalized spacial score (nSPS) is 14.6. The summed E-state index contributed by atoms with van der Waals surface area (Å²) < 4.78 is 5.63. The fourth-order valence-corrected chi connectivity index (χ4v) is 1.88. The number of nitrogens with one attached hydrogen (secondary N) is 1. The molecule has 0 unspecified atom stereocenters. The molecule has 1 aliphatic heterocycles. The van der Waals surface area contributed by atoms with Crippen LogP contribution in [-0.4, -0.2) is 68.1 Å². The van der Waals surface area contributed by atoms with Crippen LogP contribution in [0.2, 0.25) is 0 Å². The van der Waals surface area contributed by atoms with Crippen LogP contribution in [0.15, 0.2) is 23.3 Å². The third-order valence-corrected chi connectivity index (χ3v) is 3.10. The Balaban J connectivity index is 1.83. The first-order chi connectivity index (χ1) is 9.65. The number of aliphatic imine (C=N–C) groups is 1. The fraction of sp³-hybridized carbons (Fsp3) is 0.571. The zero-order valence-corrected chi connectivity index (χ0v) is 12.5. The molecule has 20 heavy (non-hydrogen) atoms. The van der Waals surface area contributed by atoms with Crippen molar-refractivity contribution < 1.29 is 4.74 Å². The second-order valence-electron chi connectivity index (χ2n) is 5.13. The second-order valence-corrected chi connectivity index (χ2v) is 5.13. The first-order valence-electron chi connectivity index (χ1n) is 6.87. The van der Waals surface area contributed by atoms with Crippen molar-refractivity contribution in [3.63, 3.8) is 0 Å². The van der Waals surface area contributed by atoms with Crippen molar-refractivity contribution in [1.82, 2.24) is 20.1 Å². The number of ether oxygens (including phenoxy) is 1. The van der Waals surface area contributed by atoms with Crippen LogP contribution < -0.4 is 10.1 Å². The maximum atomic E-state index is 5.63. The molecule has 0 saturated heterocycles. The minimum absolute atomic E-state index is 0.645. The van der Waals surface area contributed by atoms with Gasteiger partial charge in [0.25, 0.3) is 0 Å². The predicted molar refractivity (Wildman–Crippen MR) is 80.1 cm³/mol. The van der Waals surface area contributed by atoms with Gasteiger partial charge in [0.15, 0.2) is 5.96 Å². The molecule has 0 amide bonds. The molecule has 1 aromatic rings. The molecule has 1 N–H and O–H groups in total. The molecular weight excluding hydrogens is 254 g/mol. The van der Waals surface area contributed by atoms with E-state index in [9.17, 15) is 0 Å². The van der Waals surface area contributed by atoms with Gasteiger partial charge >= 0.3 is 0 Å². The van der Waals surface area contributed by atoms with Crippen LogP contribution in [0.5, 0.6) is 5.88 Å². The highest BCUT2D eigenvalue weighted by atomic mass is 16.5. The van der Waals surface area contributed by atoms with E-state index in [0.29, 0.717) is 12.5 Å². The topological polar surface area (TPSA) is 53.0 Å². The number of likely N-dealkylation sites (N-methyl/N-ethyl adjacent to an activating group) is 2. The summed E-state index contributed by atoms with van der Waals surface area (Å²) in [5.74, 6) is 1.63. The molecule has 0 atom stereocenters. The molecule has 2 heterocycles. The summed E-state index contributed by atoms with van der Waals surface area (Å²) in [6.45, 7) is 4.11. The molecule has 0 aromatic carbocycles. The Hall–Kier alpha value is -1.82. The van der Waals surface area contributed by atoms with Gasteiger partial charge in [-0.25, -0.2) is 4.98 Å². The minimum atomic E-state index is 0.645. The summed E-state index contributed by atoms with van der Waals surface area (Å²) in [4.78, 5) is 12.8. The molecule has 2 rings (SSSR count). The summed E-state index contributed by atoms with van der Waals surface area (Å²) in [7, 11) is 6.09. The molecule has 0 bridgehead atoms. The minimum Gasteiger partial charge on any atom is -0.476 e. The van der Waals surface area contributed by atoms with E-state index in [1.807, 2.05) is 33.3 Å². The number of hydrogen-bond donors (Lipinski definition) is 1. The smallest absolute Gasteiger partial charge is 0.213 e. The lowest BCUT2D eigenvalue weighted by Gasteiger charge is -2.15. The van der Waals surface area contributed by atoms with Crippen molar-refractivity contribution in [2.24, 2.45) is 4.99 Å². The Labute approximate surface area is 120 Å². The number of aromatic nitrogens is 1. The molecule has 0 aliphatic carbocycles. The van der Waals surface area contributed by atoms with Crippen LogP contribution in [0.3, 0.4) is 0 Å². The predicted octanol–water partition coefficient (Wildman–Crippen LogP) is 0.413. The van der Waals surface area contributed by atoms with E-state index in [1.165, 1.54) is 0 Å². The average molecular weight is 277 g/mol. The third-order valence-electron chi connectivity index (χ3n) is 3.10. The Morgan fingerprint density at radius 2 is 2.30 bits per heavy atom. The second kappa shape index (κ2) is 7.09. The van der Waals surface area contributed by atoms with E-state index in [-0.39, 0.29) is 0 Å². The van der Waals surface area contributed by atoms with Gasteiger partial charge in [0.1, 0.15) is 6.61 Å². The highest BCUT2D eigenvalue weighted by molar-refractivity contribution is 5.81. The van der Waals surface area contributed by atoms with Gasteiger partial charge in [-0.3, -0.25) is 4.99 Å². The monoisotopic (exact) mass is 277 g/mol. The van der Waals surface area contributed by atoms with Gasteiger partial charge in [-0.1, -0.05) is 0 Å². The summed E-state index contributed by atoms with van der Waals surface area (Å²) >= 11 is 0. The van der Waals surface area contributed by atoms with Crippen molar-refractivity contribution in [3.05, 3.63) is 23.9 Å². The SMILES string of the molecule is CN(C)CCOc1cc(CNC2=NCCN2C)ccn1. The van der Waals surface area contributed by atoms with E-state index in [4.69, 9.17) is 4.74 Å². The number of hydrogen-bond acceptors (Lipinski definition) is 6. The number of rotatable bonds is 6. The van der Waals surface area contributed by atoms with Crippen LogP contribution in [0.4, 0.5) is 0 Å². The first-order valence-corrected chi connectivity index (χ1v) is 6.87. The van der Waals surface area contributed by atoms with E-state index >= 15 is 0 Å². The molecular formula is C14H23N5O. The van der Waals surface area contributed by atoms with E-state index < -0.39 is 0 Å². The molecule has 0 saturated carbocycles. The van der Waals surface area contributed by atoms with Gasteiger partial charge in [-0.05, 0) is 25.7 Å². The number of guanidine groups is 1. The van der Waals surface area contributed by atoms with Gasteiger partial charge in [-0.15, -0.1) is 0 Å². The number of pyridine rings is 1. The van der Waals surface area contributed by atoms with Gasteiger partial charge in [0, 0.05) is 38.9 Å². The molecule has 6 heteroatoms. The van der Waals surface area contributed by atoms with Crippen molar-refractivity contribution >= 4 is 5.96 Å². The molecule has 6 nitrogen and oxygen atoms in total. The maximum Gasteiger partial charge on any atom is 0.213 e. The largest absolute Gasteiger partial charge is 0.476 e. The van der Waals surface area contributed by atoms with Gasteiger partial charge in [0.2, 0.25) is 5.88 Å². The lowest BCUT2D eigenvalue weighted by Crippen LogP contribution is -2.35. The van der Waals surface area contributed by atoms with Gasteiger partial charge < -0.3 is 19.9 Å². The van der Waals surface area contributed by atoms with Crippen molar-refractivity contribution in [2.45, 2.75) is 6.54 Å². The van der Waals surface area contributed by atoms with Gasteiger partial charge in [0.05, 0.1) is 6.54 Å². The van der Waals surface area contributed by atoms with E-state index in [1.54, 1.807) is 6.20 Å². The van der Waals surface area contributed by atoms with E-state index in [2.05, 4.69) is 25.1 Å². The molecule has 0 radical (unpaired) electrons. The lowest BCUT2D eigenvalue weighted by molar-refractivity contribution is 0.253. The Morgan fingerprint density at radius 3 is 3.00 bits per heavy atom. The standard InChI is InChI=1S/C14H23N5O/c1-18(2)8-9-20-13-10-12(4-5-15-13)11-17-14-16-6-7-19(14)3/h4-5,10H,6-9,11H2,1-3H3,(H,16,17). The molecule has 0 fully saturated rings. The quantitative estimate of drug-likeness (QED) is 0.816. The summed E-state index contributed by atoms with van der Waals surface area (Å²) in [6, 6.07) is 3.96.